The third-order valence-corrected chi connectivity index (χ3v) is 3.57. The van der Waals surface area contributed by atoms with E-state index in [4.69, 9.17) is 11.6 Å². The Bertz CT molecular complexity index is 629. The summed E-state index contributed by atoms with van der Waals surface area (Å²) in [7, 11) is 0. The lowest BCUT2D eigenvalue weighted by Crippen LogP contribution is -2.10. The van der Waals surface area contributed by atoms with E-state index in [0.29, 0.717) is 34.1 Å². The molecule has 1 N–H and O–H groups in total. The van der Waals surface area contributed by atoms with Gasteiger partial charge in [-0.05, 0) is 12.5 Å². The van der Waals surface area contributed by atoms with E-state index in [1.54, 1.807) is 6.07 Å². The molecule has 8 heteroatoms. The molecule has 0 aliphatic carbocycles. The van der Waals surface area contributed by atoms with Crippen LogP contribution in [0.1, 0.15) is 12.8 Å². The fourth-order valence-electron chi connectivity index (χ4n) is 1.49. The summed E-state index contributed by atoms with van der Waals surface area (Å²) in [5, 5.41) is 13.7. The second-order valence-corrected chi connectivity index (χ2v) is 5.18. The molecule has 0 aliphatic rings. The number of carbonyl (C=O) groups is 1. The molecule has 0 unspecified atom stereocenters. The van der Waals surface area contributed by atoms with Gasteiger partial charge < -0.3 is 5.32 Å². The molecule has 0 radical (unpaired) electrons. The molecular weight excluding hydrogens is 290 g/mol. The first-order valence-electron chi connectivity index (χ1n) is 5.51. The van der Waals surface area contributed by atoms with E-state index >= 15 is 0 Å². The number of hydrogen-bond acceptors (Lipinski definition) is 5. The predicted octanol–water partition coefficient (Wildman–Crippen LogP) is 3.16. The summed E-state index contributed by atoms with van der Waals surface area (Å²) in [4.78, 5) is 25.9. The summed E-state index contributed by atoms with van der Waals surface area (Å²) in [6.45, 7) is 0. The van der Waals surface area contributed by atoms with Crippen molar-refractivity contribution in [3.8, 4) is 0 Å². The highest BCUT2D eigenvalue weighted by Crippen LogP contribution is 2.29. The minimum Gasteiger partial charge on any atom is -0.302 e. The number of nitro benzene ring substituents is 1. The largest absolute Gasteiger partial charge is 0.302 e. The van der Waals surface area contributed by atoms with Crippen LogP contribution in [0.5, 0.6) is 0 Å². The minimum atomic E-state index is -0.460. The first kappa shape index (κ1) is 13.7. The van der Waals surface area contributed by atoms with Crippen molar-refractivity contribution in [1.29, 1.82) is 0 Å². The Morgan fingerprint density at radius 3 is 3.00 bits per heavy atom. The number of benzene rings is 1. The number of alkyl halides is 1. The maximum atomic E-state index is 11.5. The van der Waals surface area contributed by atoms with E-state index in [2.05, 4.69) is 10.3 Å². The molecule has 0 saturated carbocycles. The summed E-state index contributed by atoms with van der Waals surface area (Å²) in [5.41, 5.74) is 0.638. The lowest BCUT2D eigenvalue weighted by Gasteiger charge is -1.98. The van der Waals surface area contributed by atoms with E-state index in [0.717, 1.165) is 0 Å². The summed E-state index contributed by atoms with van der Waals surface area (Å²) in [6.07, 6.45) is 0.934. The molecule has 0 aliphatic heterocycles. The smallest absolute Gasteiger partial charge is 0.270 e. The average molecular weight is 300 g/mol. The van der Waals surface area contributed by atoms with Crippen LogP contribution in [-0.2, 0) is 4.79 Å². The SMILES string of the molecule is O=C(CCCCl)Nc1nc2ccc([N+](=O)[O-])cc2s1. The molecule has 0 atom stereocenters. The van der Waals surface area contributed by atoms with Gasteiger partial charge in [0.25, 0.3) is 5.69 Å². The Balaban J connectivity index is 2.17. The zero-order valence-corrected chi connectivity index (χ0v) is 11.3. The Morgan fingerprint density at radius 1 is 1.53 bits per heavy atom. The van der Waals surface area contributed by atoms with Gasteiger partial charge in [-0.3, -0.25) is 14.9 Å². The number of hydrogen-bond donors (Lipinski definition) is 1. The number of halogens is 1. The van der Waals surface area contributed by atoms with Crippen molar-refractivity contribution in [2.45, 2.75) is 12.8 Å². The van der Waals surface area contributed by atoms with Gasteiger partial charge in [-0.1, -0.05) is 11.3 Å². The van der Waals surface area contributed by atoms with Crippen LogP contribution in [-0.4, -0.2) is 21.7 Å². The highest BCUT2D eigenvalue weighted by molar-refractivity contribution is 7.22. The minimum absolute atomic E-state index is 0.0103. The van der Waals surface area contributed by atoms with Crippen LogP contribution in [0.2, 0.25) is 0 Å². The van der Waals surface area contributed by atoms with Crippen LogP contribution in [0.4, 0.5) is 10.8 Å². The third kappa shape index (κ3) is 3.39. The van der Waals surface area contributed by atoms with E-state index in [1.165, 1.54) is 23.5 Å². The number of aromatic nitrogens is 1. The summed E-state index contributed by atoms with van der Waals surface area (Å²) < 4.78 is 0.668. The van der Waals surface area contributed by atoms with E-state index < -0.39 is 4.92 Å². The normalized spacial score (nSPS) is 10.6. The van der Waals surface area contributed by atoms with Gasteiger partial charge >= 0.3 is 0 Å². The van der Waals surface area contributed by atoms with Gasteiger partial charge in [-0.2, -0.15) is 0 Å². The molecule has 1 aromatic heterocycles. The molecule has 1 heterocycles. The van der Waals surface area contributed by atoms with E-state index in [9.17, 15) is 14.9 Å². The zero-order chi connectivity index (χ0) is 13.8. The van der Waals surface area contributed by atoms with Gasteiger partial charge in [0.1, 0.15) is 0 Å². The van der Waals surface area contributed by atoms with Crippen LogP contribution >= 0.6 is 22.9 Å². The molecule has 6 nitrogen and oxygen atoms in total. The average Bonchev–Trinajstić information content (AvgIpc) is 2.77. The molecule has 2 rings (SSSR count). The number of rotatable bonds is 5. The molecule has 2 aromatic rings. The van der Waals surface area contributed by atoms with Gasteiger partial charge in [0, 0.05) is 24.4 Å². The van der Waals surface area contributed by atoms with Crippen LogP contribution in [0.25, 0.3) is 10.2 Å². The predicted molar refractivity (Wildman–Crippen MR) is 74.9 cm³/mol. The van der Waals surface area contributed by atoms with Crippen LogP contribution in [0.3, 0.4) is 0 Å². The molecule has 0 saturated heterocycles. The maximum Gasteiger partial charge on any atom is 0.270 e. The number of fused-ring (bicyclic) bond motifs is 1. The molecule has 1 aromatic carbocycles. The molecule has 100 valence electrons. The lowest BCUT2D eigenvalue weighted by atomic mass is 10.3. The summed E-state index contributed by atoms with van der Waals surface area (Å²) in [6, 6.07) is 4.40. The zero-order valence-electron chi connectivity index (χ0n) is 9.76. The Kier molecular flexibility index (Phi) is 4.28. The highest BCUT2D eigenvalue weighted by atomic mass is 35.5. The van der Waals surface area contributed by atoms with Crippen molar-refractivity contribution in [2.75, 3.05) is 11.2 Å². The van der Waals surface area contributed by atoms with E-state index in [-0.39, 0.29) is 11.6 Å². The molecule has 0 spiro atoms. The van der Waals surface area contributed by atoms with Crippen molar-refractivity contribution in [3.05, 3.63) is 28.3 Å². The van der Waals surface area contributed by atoms with Gasteiger partial charge in [-0.25, -0.2) is 4.98 Å². The highest BCUT2D eigenvalue weighted by Gasteiger charge is 2.11. The van der Waals surface area contributed by atoms with Crippen molar-refractivity contribution >= 4 is 49.9 Å². The van der Waals surface area contributed by atoms with Gasteiger partial charge in [-0.15, -0.1) is 11.6 Å². The lowest BCUT2D eigenvalue weighted by molar-refractivity contribution is -0.384. The quantitative estimate of drug-likeness (QED) is 0.522. The van der Waals surface area contributed by atoms with Crippen molar-refractivity contribution in [2.24, 2.45) is 0 Å². The molecule has 19 heavy (non-hydrogen) atoms. The topological polar surface area (TPSA) is 85.1 Å². The maximum absolute atomic E-state index is 11.5. The number of nitro groups is 1. The standard InChI is InChI=1S/C11H10ClN3O3S/c12-5-1-2-10(16)14-11-13-8-4-3-7(15(17)18)6-9(8)19-11/h3-4,6H,1-2,5H2,(H,13,14,16). The van der Waals surface area contributed by atoms with Crippen molar-refractivity contribution < 1.29 is 9.72 Å². The van der Waals surface area contributed by atoms with Gasteiger partial charge in [0.2, 0.25) is 5.91 Å². The number of carbonyl (C=O) groups excluding carboxylic acids is 1. The Hall–Kier alpha value is -1.73. The second kappa shape index (κ2) is 5.94. The third-order valence-electron chi connectivity index (χ3n) is 2.37. The summed E-state index contributed by atoms with van der Waals surface area (Å²) >= 11 is 6.71. The van der Waals surface area contributed by atoms with Crippen LogP contribution < -0.4 is 5.32 Å². The summed E-state index contributed by atoms with van der Waals surface area (Å²) in [5.74, 6) is 0.272. The molecule has 1 amide bonds. The molecule has 0 fully saturated rings. The Labute approximate surface area is 117 Å². The number of amides is 1. The fraction of sp³-hybridized carbons (Fsp3) is 0.273. The number of non-ortho nitro benzene ring substituents is 1. The van der Waals surface area contributed by atoms with Crippen LogP contribution in [0, 0.1) is 10.1 Å². The fourth-order valence-corrected chi connectivity index (χ4v) is 2.54. The monoisotopic (exact) mass is 299 g/mol. The van der Waals surface area contributed by atoms with Crippen LogP contribution in [0.15, 0.2) is 18.2 Å². The number of nitrogens with one attached hydrogen (secondary N) is 1. The first-order valence-corrected chi connectivity index (χ1v) is 6.86. The number of thiazole rings is 1. The molecular formula is C11H10ClN3O3S. The number of anilines is 1. The molecule has 0 bridgehead atoms. The van der Waals surface area contributed by atoms with Crippen molar-refractivity contribution in [3.63, 3.8) is 0 Å². The van der Waals surface area contributed by atoms with E-state index in [1.807, 2.05) is 0 Å². The van der Waals surface area contributed by atoms with Crippen molar-refractivity contribution in [1.82, 2.24) is 4.98 Å². The van der Waals surface area contributed by atoms with Gasteiger partial charge in [0.15, 0.2) is 5.13 Å². The first-order chi connectivity index (χ1) is 9.10. The van der Waals surface area contributed by atoms with Gasteiger partial charge in [0.05, 0.1) is 15.1 Å². The number of nitrogens with zero attached hydrogens (tertiary/aromatic N) is 2. The second-order valence-electron chi connectivity index (χ2n) is 3.77. The Morgan fingerprint density at radius 2 is 2.32 bits per heavy atom.